The monoisotopic (exact) mass is 327 g/mol. The van der Waals surface area contributed by atoms with Crippen LogP contribution in [0.25, 0.3) is 0 Å². The van der Waals surface area contributed by atoms with E-state index in [2.05, 4.69) is 10.2 Å². The quantitative estimate of drug-likeness (QED) is 0.831. The topological polar surface area (TPSA) is 87.7 Å². The molecule has 1 unspecified atom stereocenters. The van der Waals surface area contributed by atoms with Gasteiger partial charge in [-0.25, -0.2) is 17.9 Å². The number of benzene rings is 1. The average Bonchev–Trinajstić information content (AvgIpc) is 2.45. The van der Waals surface area contributed by atoms with Gasteiger partial charge in [-0.2, -0.15) is 0 Å². The second-order valence-electron chi connectivity index (χ2n) is 5.38. The lowest BCUT2D eigenvalue weighted by Gasteiger charge is -2.30. The molecule has 1 aromatic rings. The van der Waals surface area contributed by atoms with Crippen LogP contribution in [0.5, 0.6) is 0 Å². The number of hydrogen-bond donors (Lipinski definition) is 2. The Labute approximate surface area is 130 Å². The number of nitrogens with zero attached hydrogens (tertiary/aromatic N) is 1. The van der Waals surface area contributed by atoms with Crippen molar-refractivity contribution in [2.45, 2.75) is 17.9 Å². The van der Waals surface area contributed by atoms with Crippen LogP contribution in [-0.4, -0.2) is 58.7 Å². The maximum absolute atomic E-state index is 12.0. The maximum Gasteiger partial charge on any atom is 0.328 e. The first-order chi connectivity index (χ1) is 10.4. The Morgan fingerprint density at radius 1 is 1.36 bits per heavy atom. The highest BCUT2D eigenvalue weighted by atomic mass is 32.2. The number of morpholine rings is 1. The van der Waals surface area contributed by atoms with Gasteiger partial charge in [0.15, 0.2) is 0 Å². The van der Waals surface area contributed by atoms with Crippen LogP contribution in [0.15, 0.2) is 29.2 Å². The summed E-state index contributed by atoms with van der Waals surface area (Å²) in [7, 11) is -1.88. The first kappa shape index (κ1) is 16.7. The molecule has 1 fully saturated rings. The molecule has 1 atom stereocenters. The highest BCUT2D eigenvalue weighted by Gasteiger charge is 2.20. The van der Waals surface area contributed by atoms with Gasteiger partial charge in [0.1, 0.15) is 0 Å². The zero-order chi connectivity index (χ0) is 16.2. The molecule has 1 aliphatic heterocycles. The van der Waals surface area contributed by atoms with Crippen molar-refractivity contribution < 1.29 is 17.9 Å². The standard InChI is InChI=1S/C14H21N3O4S/c1-11-3-5-13(6-4-11)22(19,20)16-14(18)15-9-12-10-17(2)7-8-21-12/h3-6,12H,7-10H2,1-2H3,(H2,15,16,18). The third kappa shape index (κ3) is 4.69. The molecule has 22 heavy (non-hydrogen) atoms. The molecule has 0 radical (unpaired) electrons. The number of likely N-dealkylation sites (N-methyl/N-ethyl adjacent to an activating group) is 1. The van der Waals surface area contributed by atoms with Crippen LogP contribution >= 0.6 is 0 Å². The van der Waals surface area contributed by atoms with E-state index < -0.39 is 16.1 Å². The average molecular weight is 327 g/mol. The van der Waals surface area contributed by atoms with Gasteiger partial charge < -0.3 is 15.0 Å². The fourth-order valence-electron chi connectivity index (χ4n) is 2.13. The zero-order valence-corrected chi connectivity index (χ0v) is 13.5. The number of urea groups is 1. The molecule has 1 aromatic carbocycles. The first-order valence-corrected chi connectivity index (χ1v) is 8.52. The van der Waals surface area contributed by atoms with E-state index in [-0.39, 0.29) is 17.5 Å². The molecule has 2 rings (SSSR count). The number of sulfonamides is 1. The minimum atomic E-state index is -3.85. The molecule has 8 heteroatoms. The van der Waals surface area contributed by atoms with Crippen LogP contribution in [0.3, 0.4) is 0 Å². The SMILES string of the molecule is Cc1ccc(S(=O)(=O)NC(=O)NCC2CN(C)CCO2)cc1. The predicted molar refractivity (Wildman–Crippen MR) is 82.1 cm³/mol. The summed E-state index contributed by atoms with van der Waals surface area (Å²) in [5.74, 6) is 0. The van der Waals surface area contributed by atoms with Crippen LogP contribution < -0.4 is 10.0 Å². The lowest BCUT2D eigenvalue weighted by Crippen LogP contribution is -2.48. The summed E-state index contributed by atoms with van der Waals surface area (Å²) in [6.45, 7) is 4.28. The normalized spacial score (nSPS) is 19.6. The maximum atomic E-state index is 12.0. The fourth-order valence-corrected chi connectivity index (χ4v) is 3.06. The van der Waals surface area contributed by atoms with Gasteiger partial charge in [-0.1, -0.05) is 17.7 Å². The van der Waals surface area contributed by atoms with Crippen molar-refractivity contribution in [3.05, 3.63) is 29.8 Å². The Morgan fingerprint density at radius 3 is 2.68 bits per heavy atom. The second-order valence-corrected chi connectivity index (χ2v) is 7.07. The molecular weight excluding hydrogens is 306 g/mol. The highest BCUT2D eigenvalue weighted by Crippen LogP contribution is 2.09. The van der Waals surface area contributed by atoms with E-state index in [1.54, 1.807) is 12.1 Å². The van der Waals surface area contributed by atoms with Crippen LogP contribution in [0.4, 0.5) is 4.79 Å². The smallest absolute Gasteiger partial charge is 0.328 e. The van der Waals surface area contributed by atoms with E-state index in [0.717, 1.165) is 12.1 Å². The molecule has 0 aliphatic carbocycles. The Morgan fingerprint density at radius 2 is 2.05 bits per heavy atom. The van der Waals surface area contributed by atoms with Gasteiger partial charge in [-0.3, -0.25) is 0 Å². The van der Waals surface area contributed by atoms with Crippen molar-refractivity contribution >= 4 is 16.1 Å². The molecular formula is C14H21N3O4S. The molecule has 1 aliphatic rings. The third-order valence-electron chi connectivity index (χ3n) is 3.39. The van der Waals surface area contributed by atoms with E-state index in [1.165, 1.54) is 12.1 Å². The van der Waals surface area contributed by atoms with E-state index >= 15 is 0 Å². The van der Waals surface area contributed by atoms with Crippen molar-refractivity contribution in [1.29, 1.82) is 0 Å². The lowest BCUT2D eigenvalue weighted by molar-refractivity contribution is -0.0167. The minimum absolute atomic E-state index is 0.0573. The van der Waals surface area contributed by atoms with Crippen LogP contribution in [0, 0.1) is 6.92 Å². The summed E-state index contributed by atoms with van der Waals surface area (Å²) in [6.07, 6.45) is -0.133. The Balaban J connectivity index is 1.87. The largest absolute Gasteiger partial charge is 0.374 e. The summed E-state index contributed by atoms with van der Waals surface area (Å²) < 4.78 is 31.6. The third-order valence-corrected chi connectivity index (χ3v) is 4.74. The van der Waals surface area contributed by atoms with Crippen LogP contribution in [0.1, 0.15) is 5.56 Å². The number of aryl methyl sites for hydroxylation is 1. The number of rotatable bonds is 4. The summed E-state index contributed by atoms with van der Waals surface area (Å²) in [5.41, 5.74) is 0.946. The van der Waals surface area contributed by atoms with E-state index in [1.807, 2.05) is 18.7 Å². The fraction of sp³-hybridized carbons (Fsp3) is 0.500. The molecule has 0 spiro atoms. The van der Waals surface area contributed by atoms with Crippen LogP contribution in [0.2, 0.25) is 0 Å². The summed E-state index contributed by atoms with van der Waals surface area (Å²) >= 11 is 0. The van der Waals surface area contributed by atoms with Gasteiger partial charge >= 0.3 is 6.03 Å². The zero-order valence-electron chi connectivity index (χ0n) is 12.7. The molecule has 0 bridgehead atoms. The Bertz CT molecular complexity index is 615. The summed E-state index contributed by atoms with van der Waals surface area (Å²) in [5, 5.41) is 2.53. The van der Waals surface area contributed by atoms with Gasteiger partial charge in [0.05, 0.1) is 17.6 Å². The number of nitrogens with one attached hydrogen (secondary N) is 2. The van der Waals surface area contributed by atoms with E-state index in [4.69, 9.17) is 4.74 Å². The number of carbonyl (C=O) groups excluding carboxylic acids is 1. The van der Waals surface area contributed by atoms with Gasteiger partial charge in [0.2, 0.25) is 0 Å². The van der Waals surface area contributed by atoms with Gasteiger partial charge in [-0.05, 0) is 26.1 Å². The highest BCUT2D eigenvalue weighted by molar-refractivity contribution is 7.90. The van der Waals surface area contributed by atoms with E-state index in [0.29, 0.717) is 13.2 Å². The van der Waals surface area contributed by atoms with Crippen molar-refractivity contribution in [2.75, 3.05) is 33.3 Å². The molecule has 122 valence electrons. The molecule has 1 heterocycles. The summed E-state index contributed by atoms with van der Waals surface area (Å²) in [4.78, 5) is 13.9. The van der Waals surface area contributed by atoms with Crippen molar-refractivity contribution in [1.82, 2.24) is 14.9 Å². The van der Waals surface area contributed by atoms with Gasteiger partial charge in [-0.15, -0.1) is 0 Å². The Hall–Kier alpha value is -1.64. The number of hydrogen-bond acceptors (Lipinski definition) is 5. The number of ether oxygens (including phenoxy) is 1. The van der Waals surface area contributed by atoms with Gasteiger partial charge in [0, 0.05) is 19.6 Å². The number of carbonyl (C=O) groups is 1. The summed E-state index contributed by atoms with van der Waals surface area (Å²) in [6, 6.07) is 5.53. The van der Waals surface area contributed by atoms with Crippen molar-refractivity contribution in [3.8, 4) is 0 Å². The van der Waals surface area contributed by atoms with E-state index in [9.17, 15) is 13.2 Å². The van der Waals surface area contributed by atoms with Crippen LogP contribution in [-0.2, 0) is 14.8 Å². The molecule has 2 amide bonds. The lowest BCUT2D eigenvalue weighted by atomic mass is 10.2. The molecule has 1 saturated heterocycles. The molecule has 2 N–H and O–H groups in total. The van der Waals surface area contributed by atoms with Gasteiger partial charge in [0.25, 0.3) is 10.0 Å². The Kier molecular flexibility index (Phi) is 5.38. The predicted octanol–water partition coefficient (Wildman–Crippen LogP) is 0.314. The first-order valence-electron chi connectivity index (χ1n) is 7.04. The minimum Gasteiger partial charge on any atom is -0.374 e. The van der Waals surface area contributed by atoms with Crippen molar-refractivity contribution in [3.63, 3.8) is 0 Å². The molecule has 0 aromatic heterocycles. The number of amides is 2. The molecule has 0 saturated carbocycles. The second kappa shape index (κ2) is 7.08. The van der Waals surface area contributed by atoms with Crippen molar-refractivity contribution in [2.24, 2.45) is 0 Å². The molecule has 7 nitrogen and oxygen atoms in total.